The van der Waals surface area contributed by atoms with E-state index in [-0.39, 0.29) is 11.4 Å². The molecule has 20 heavy (non-hydrogen) atoms. The van der Waals surface area contributed by atoms with Gasteiger partial charge in [0, 0.05) is 12.7 Å². The first-order valence-corrected chi connectivity index (χ1v) is 7.49. The van der Waals surface area contributed by atoms with Crippen LogP contribution in [0.25, 0.3) is 10.9 Å². The Hall–Kier alpha value is -1.89. The molecule has 2 aromatic rings. The lowest BCUT2D eigenvalue weighted by molar-refractivity contribution is -0.383. The minimum absolute atomic E-state index is 0.229. The van der Waals surface area contributed by atoms with E-state index in [1.54, 1.807) is 23.9 Å². The van der Waals surface area contributed by atoms with E-state index in [1.807, 2.05) is 6.26 Å². The Kier molecular flexibility index (Phi) is 4.73. The molecular weight excluding hydrogens is 281 g/mol. The van der Waals surface area contributed by atoms with E-state index in [0.717, 1.165) is 18.2 Å². The Balaban J connectivity index is 2.42. The quantitative estimate of drug-likeness (QED) is 0.502. The van der Waals surface area contributed by atoms with Crippen LogP contribution in [-0.2, 0) is 0 Å². The number of halogens is 1. The fourth-order valence-electron chi connectivity index (χ4n) is 1.94. The van der Waals surface area contributed by atoms with Gasteiger partial charge in [0.1, 0.15) is 5.52 Å². The van der Waals surface area contributed by atoms with Crippen molar-refractivity contribution < 1.29 is 9.31 Å². The van der Waals surface area contributed by atoms with Crippen molar-refractivity contribution in [2.75, 3.05) is 23.9 Å². The second kappa shape index (κ2) is 6.51. The first kappa shape index (κ1) is 14.5. The Morgan fingerprint density at radius 2 is 2.35 bits per heavy atom. The molecule has 1 aromatic heterocycles. The summed E-state index contributed by atoms with van der Waals surface area (Å²) in [5.74, 6) is 0.319. The number of benzene rings is 1. The second-order valence-electron chi connectivity index (χ2n) is 4.18. The second-order valence-corrected chi connectivity index (χ2v) is 5.17. The van der Waals surface area contributed by atoms with Crippen molar-refractivity contribution in [3.8, 4) is 0 Å². The van der Waals surface area contributed by atoms with E-state index in [0.29, 0.717) is 17.4 Å². The average Bonchev–Trinajstić information content (AvgIpc) is 2.44. The molecule has 0 aliphatic carbocycles. The molecular formula is C13H14FN3O2S. The molecule has 0 aliphatic heterocycles. The maximum atomic E-state index is 14.0. The molecule has 7 heteroatoms. The molecule has 0 atom stereocenters. The van der Waals surface area contributed by atoms with Crippen LogP contribution in [-0.4, -0.2) is 28.5 Å². The van der Waals surface area contributed by atoms with Gasteiger partial charge in [-0.05, 0) is 30.6 Å². The molecule has 2 rings (SSSR count). The predicted octanol–water partition coefficient (Wildman–Crippen LogP) is 3.45. The third-order valence-electron chi connectivity index (χ3n) is 2.85. The first-order chi connectivity index (χ1) is 9.65. The largest absolute Gasteiger partial charge is 0.381 e. The van der Waals surface area contributed by atoms with Crippen LogP contribution in [0.15, 0.2) is 24.4 Å². The lowest BCUT2D eigenvalue weighted by Crippen LogP contribution is -2.06. The van der Waals surface area contributed by atoms with Crippen LogP contribution in [0, 0.1) is 15.9 Å². The van der Waals surface area contributed by atoms with Crippen LogP contribution in [0.3, 0.4) is 0 Å². The zero-order valence-corrected chi connectivity index (χ0v) is 11.7. The smallest absolute Gasteiger partial charge is 0.281 e. The highest BCUT2D eigenvalue weighted by Gasteiger charge is 2.19. The normalized spacial score (nSPS) is 10.7. The predicted molar refractivity (Wildman–Crippen MR) is 79.8 cm³/mol. The van der Waals surface area contributed by atoms with Crippen LogP contribution in [0.5, 0.6) is 0 Å². The number of hydrogen-bond acceptors (Lipinski definition) is 5. The molecule has 1 heterocycles. The molecule has 0 saturated heterocycles. The molecule has 0 bridgehead atoms. The zero-order valence-electron chi connectivity index (χ0n) is 10.9. The van der Waals surface area contributed by atoms with Gasteiger partial charge in [0.25, 0.3) is 5.69 Å². The van der Waals surface area contributed by atoms with Crippen molar-refractivity contribution in [2.45, 2.75) is 6.42 Å². The highest BCUT2D eigenvalue weighted by atomic mass is 32.2. The summed E-state index contributed by atoms with van der Waals surface area (Å²) in [6, 6.07) is 4.12. The number of fused-ring (bicyclic) bond motifs is 1. The molecule has 0 fully saturated rings. The molecule has 106 valence electrons. The standard InChI is InChI=1S/C13H14FN3O2S/c1-20-7-3-6-16-13-10(14)8-11(17(18)19)9-4-2-5-15-12(9)13/h2,4-5,8,16H,3,6-7H2,1H3. The zero-order chi connectivity index (χ0) is 14.5. The summed E-state index contributed by atoms with van der Waals surface area (Å²) in [5, 5.41) is 14.3. The highest BCUT2D eigenvalue weighted by molar-refractivity contribution is 7.98. The molecule has 0 unspecified atom stereocenters. The van der Waals surface area contributed by atoms with E-state index >= 15 is 0 Å². The summed E-state index contributed by atoms with van der Waals surface area (Å²) in [5.41, 5.74) is 0.260. The van der Waals surface area contributed by atoms with Gasteiger partial charge in [-0.15, -0.1) is 0 Å². The maximum absolute atomic E-state index is 14.0. The molecule has 0 amide bonds. The van der Waals surface area contributed by atoms with E-state index in [2.05, 4.69) is 10.3 Å². The minimum atomic E-state index is -0.646. The summed E-state index contributed by atoms with van der Waals surface area (Å²) in [7, 11) is 0. The molecule has 0 saturated carbocycles. The number of rotatable bonds is 6. The number of aromatic nitrogens is 1. The number of hydrogen-bond donors (Lipinski definition) is 1. The van der Waals surface area contributed by atoms with Gasteiger partial charge >= 0.3 is 0 Å². The van der Waals surface area contributed by atoms with Gasteiger partial charge in [-0.25, -0.2) is 4.39 Å². The van der Waals surface area contributed by atoms with Gasteiger partial charge in [0.05, 0.1) is 22.1 Å². The summed E-state index contributed by atoms with van der Waals surface area (Å²) in [6.45, 7) is 0.598. The van der Waals surface area contributed by atoms with Crippen molar-refractivity contribution in [1.82, 2.24) is 4.98 Å². The lowest BCUT2D eigenvalue weighted by atomic mass is 10.1. The van der Waals surface area contributed by atoms with Crippen LogP contribution in [0.1, 0.15) is 6.42 Å². The highest BCUT2D eigenvalue weighted by Crippen LogP contribution is 2.32. The Morgan fingerprint density at radius 1 is 1.55 bits per heavy atom. The average molecular weight is 295 g/mol. The van der Waals surface area contributed by atoms with E-state index in [4.69, 9.17) is 0 Å². The van der Waals surface area contributed by atoms with E-state index in [9.17, 15) is 14.5 Å². The van der Waals surface area contributed by atoms with Crippen LogP contribution in [0.4, 0.5) is 15.8 Å². The maximum Gasteiger partial charge on any atom is 0.281 e. The van der Waals surface area contributed by atoms with E-state index < -0.39 is 10.7 Å². The number of pyridine rings is 1. The monoisotopic (exact) mass is 295 g/mol. The summed E-state index contributed by atoms with van der Waals surface area (Å²) in [6.07, 6.45) is 4.38. The van der Waals surface area contributed by atoms with Crippen LogP contribution in [0.2, 0.25) is 0 Å². The fraction of sp³-hybridized carbons (Fsp3) is 0.308. The van der Waals surface area contributed by atoms with Gasteiger partial charge < -0.3 is 5.32 Å². The third kappa shape index (κ3) is 2.98. The van der Waals surface area contributed by atoms with Crippen LogP contribution >= 0.6 is 11.8 Å². The number of nitrogens with zero attached hydrogens (tertiary/aromatic N) is 2. The van der Waals surface area contributed by atoms with Crippen molar-refractivity contribution in [3.63, 3.8) is 0 Å². The number of nitro benzene ring substituents is 1. The van der Waals surface area contributed by atoms with Gasteiger partial charge in [-0.1, -0.05) is 0 Å². The van der Waals surface area contributed by atoms with Gasteiger partial charge in [-0.3, -0.25) is 15.1 Å². The van der Waals surface area contributed by atoms with Gasteiger partial charge in [0.15, 0.2) is 5.82 Å². The Labute approximate surface area is 119 Å². The van der Waals surface area contributed by atoms with Crippen molar-refractivity contribution in [2.24, 2.45) is 0 Å². The number of anilines is 1. The summed E-state index contributed by atoms with van der Waals surface area (Å²) in [4.78, 5) is 14.4. The first-order valence-electron chi connectivity index (χ1n) is 6.09. The Morgan fingerprint density at radius 3 is 3.05 bits per heavy atom. The number of thioether (sulfide) groups is 1. The Bertz CT molecular complexity index is 636. The van der Waals surface area contributed by atoms with Gasteiger partial charge in [0.2, 0.25) is 0 Å². The lowest BCUT2D eigenvalue weighted by Gasteiger charge is -2.10. The molecule has 0 aliphatic rings. The summed E-state index contributed by atoms with van der Waals surface area (Å²) >= 11 is 1.71. The topological polar surface area (TPSA) is 68.1 Å². The molecule has 0 radical (unpaired) electrons. The third-order valence-corrected chi connectivity index (χ3v) is 3.54. The van der Waals surface area contributed by atoms with Crippen molar-refractivity contribution in [1.29, 1.82) is 0 Å². The SMILES string of the molecule is CSCCCNc1c(F)cc([N+](=O)[O-])c2cccnc12. The molecule has 0 spiro atoms. The number of non-ortho nitro benzene ring substituents is 1. The van der Waals surface area contributed by atoms with Crippen molar-refractivity contribution in [3.05, 3.63) is 40.3 Å². The number of nitrogens with one attached hydrogen (secondary N) is 1. The molecule has 1 aromatic carbocycles. The minimum Gasteiger partial charge on any atom is -0.381 e. The van der Waals surface area contributed by atoms with E-state index in [1.165, 1.54) is 6.20 Å². The molecule has 1 N–H and O–H groups in total. The fourth-order valence-corrected chi connectivity index (χ4v) is 2.38. The molecule has 5 nitrogen and oxygen atoms in total. The van der Waals surface area contributed by atoms with Crippen molar-refractivity contribution >= 4 is 34.0 Å². The van der Waals surface area contributed by atoms with Crippen LogP contribution < -0.4 is 5.32 Å². The number of nitro groups is 1. The summed E-state index contributed by atoms with van der Waals surface area (Å²) < 4.78 is 14.0. The van der Waals surface area contributed by atoms with Gasteiger partial charge in [-0.2, -0.15) is 11.8 Å².